The number of unbranched alkanes of at least 4 members (excludes halogenated alkanes) is 2. The largest absolute Gasteiger partial charge is 0.492 e. The van der Waals surface area contributed by atoms with Crippen molar-refractivity contribution in [3.63, 3.8) is 0 Å². The van der Waals surface area contributed by atoms with Crippen LogP contribution in [0.15, 0.2) is 154 Å². The molecule has 0 radical (unpaired) electrons. The van der Waals surface area contributed by atoms with Gasteiger partial charge < -0.3 is 110 Å². The third kappa shape index (κ3) is 38.0. The van der Waals surface area contributed by atoms with Gasteiger partial charge in [0.15, 0.2) is 0 Å². The number of hydrogen-bond acceptors (Lipinski definition) is 36. The molecule has 0 aliphatic carbocycles. The third-order valence-corrected chi connectivity index (χ3v) is 30.2. The van der Waals surface area contributed by atoms with Crippen LogP contribution in [0, 0.1) is 0 Å². The molecule has 4 aromatic carbocycles. The number of carbonyl (C=O) groups is 14. The van der Waals surface area contributed by atoms with E-state index in [4.69, 9.17) is 47.4 Å². The first-order valence-electron chi connectivity index (χ1n) is 50.5. The number of hydrogen-bond donors (Lipinski definition) is 12. The molecule has 808 valence electrons. The molecule has 0 bridgehead atoms. The zero-order valence-electron chi connectivity index (χ0n) is 84.4. The number of ether oxygens (including phenoxy) is 10. The summed E-state index contributed by atoms with van der Waals surface area (Å²) in [6.07, 6.45) is 11.6. The number of nitrogens with one attached hydrogen (secondary N) is 12. The van der Waals surface area contributed by atoms with E-state index in [1.807, 2.05) is 90.6 Å². The Morgan fingerprint density at radius 2 is 0.807 bits per heavy atom. The van der Waals surface area contributed by atoms with Crippen molar-refractivity contribution in [1.29, 1.82) is 0 Å². The first kappa shape index (κ1) is 114. The van der Waals surface area contributed by atoms with Crippen LogP contribution in [0.2, 0.25) is 0 Å². The van der Waals surface area contributed by atoms with Gasteiger partial charge in [0.05, 0.1) is 120 Å². The van der Waals surface area contributed by atoms with Crippen molar-refractivity contribution < 1.29 is 114 Å². The van der Waals surface area contributed by atoms with Gasteiger partial charge in [-0.3, -0.25) is 68.2 Å². The minimum atomic E-state index is -1.26. The summed E-state index contributed by atoms with van der Waals surface area (Å²) in [5, 5.41) is 48.7. The SMILES string of the molecule is CN(CCOc1ccc(CC2SC(=O)NC2=O)cc1)c1cc(OC(=O)C[C@@H](NC(=O)c2ccc(C3(C)N=N3)cc2)C(=O)NCCCOCCOCCOCCCNC(=O)CCCC[C@@H]2SC[C@@H]3NC(=O)N[C@@H]32)ccn1.CN(CCOc1ccc(CC2SC(=O)NC2=O)cc1)c1ccc(OC(=O)C[C@@H](NC(=O)c2ccc(C3(C)N=N3)cc2)C(=O)NCCCOCCOCCOCCCNC(=O)CCCC[C@@H]2SC[C@@H]3NC(=O)N[C@@H]32)cn1. The molecule has 2 unspecified atom stereocenters. The molecule has 6 fully saturated rings. The molecule has 150 heavy (non-hydrogen) atoms. The molecule has 6 aromatic rings. The quantitative estimate of drug-likeness (QED) is 0.00976. The number of anilines is 2. The van der Waals surface area contributed by atoms with Crippen LogP contribution < -0.4 is 92.5 Å². The lowest BCUT2D eigenvalue weighted by Crippen LogP contribution is -2.48. The zero-order valence-corrected chi connectivity index (χ0v) is 87.6. The van der Waals surface area contributed by atoms with Crippen LogP contribution in [0.4, 0.5) is 30.8 Å². The van der Waals surface area contributed by atoms with Gasteiger partial charge in [-0.05, 0) is 156 Å². The van der Waals surface area contributed by atoms with E-state index in [-0.39, 0.29) is 106 Å². The summed E-state index contributed by atoms with van der Waals surface area (Å²) >= 11 is 5.75. The number of thioether (sulfide) groups is 4. The molecule has 14 amide bonds. The maximum Gasteiger partial charge on any atom is 0.315 e. The van der Waals surface area contributed by atoms with Crippen LogP contribution >= 0.6 is 47.0 Å². The Kier molecular flexibility index (Phi) is 45.2. The first-order valence-corrected chi connectivity index (χ1v) is 54.3. The van der Waals surface area contributed by atoms with Crippen molar-refractivity contribution in [2.45, 2.75) is 185 Å². The van der Waals surface area contributed by atoms with Gasteiger partial charge in [-0.15, -0.1) is 0 Å². The number of likely N-dealkylation sites (N-methyl/N-ethyl adjacent to an activating group) is 2. The summed E-state index contributed by atoms with van der Waals surface area (Å²) in [6.45, 7) is 11.4. The second kappa shape index (κ2) is 59.2. The summed E-state index contributed by atoms with van der Waals surface area (Å²) in [6, 6.07) is 32.5. The topological polar surface area (TPSA) is 557 Å². The van der Waals surface area contributed by atoms with Gasteiger partial charge in [0.25, 0.3) is 22.3 Å². The standard InChI is InChI=1S/2C51H66N10O12S2/c1-51(59-60-51)35-13-11-34(12-14-35)46(64)55-38(30-44(63)73-37-17-18-42(54-31-37)61(2)21-24-72-36-15-9-33(10-16-36)29-41-48(66)58-50(68)75-41)47(65)53-20-6-23-70-26-28-71-27-25-69-22-5-19-52-43(62)8-4-3-7-40-45-39(32-74-40)56-49(67)57-45;1-51(59-60-51)35-13-11-34(12-14-35)46(64)55-38(31-44(63)73-37-17-20-52-42(30-37)61(2)21-24-72-36-15-9-33(10-16-36)29-41-48(66)58-50(68)75-41)47(65)54-19-6-23-70-26-28-71-27-25-69-22-5-18-53-43(62)8-4-3-7-40-45-39(32-74-40)56-49(67)57-45/h9-18,31,38-41,45H,3-8,19-30,32H2,1-2H3,(H,52,62)(H,53,65)(H,55,64)(H2,56,57,67)(H,58,66,68);9-17,20,30,38-41,45H,3-8,18-19,21-29,31-32H2,1-2H3,(H,53,62)(H,54,65)(H,55,64)(H2,56,57,67)(H,58,66,68)/t2*38-,39+,40+,41?,45+/m11/s1. The maximum atomic E-state index is 13.5. The number of nitrogens with zero attached hydrogens (tertiary/aromatic N) is 8. The third-order valence-electron chi connectivity index (χ3n) is 25.2. The highest BCUT2D eigenvalue weighted by Gasteiger charge is 2.45. The van der Waals surface area contributed by atoms with E-state index < -0.39 is 82.3 Å². The molecular weight excluding hydrogens is 2020 g/mol. The minimum Gasteiger partial charge on any atom is -0.492 e. The minimum absolute atomic E-state index is 0.0351. The van der Waals surface area contributed by atoms with Crippen LogP contribution in [-0.2, 0) is 90.9 Å². The van der Waals surface area contributed by atoms with Crippen molar-refractivity contribution in [3.05, 3.63) is 167 Å². The molecule has 8 aliphatic heterocycles. The summed E-state index contributed by atoms with van der Waals surface area (Å²) in [7, 11) is 3.64. The predicted molar refractivity (Wildman–Crippen MR) is 560 cm³/mol. The number of urea groups is 2. The number of amides is 14. The van der Waals surface area contributed by atoms with Gasteiger partial charge in [0.2, 0.25) is 46.8 Å². The monoisotopic (exact) mass is 2150 g/mol. The Balaban J connectivity index is 0.000000250. The number of imide groups is 2. The highest BCUT2D eigenvalue weighted by Crippen LogP contribution is 2.41. The zero-order chi connectivity index (χ0) is 106. The van der Waals surface area contributed by atoms with Crippen LogP contribution in [0.25, 0.3) is 0 Å². The normalized spacial score (nSPS) is 19.3. The van der Waals surface area contributed by atoms with Gasteiger partial charge in [-0.1, -0.05) is 84.9 Å². The number of carbonyl (C=O) groups excluding carboxylic acids is 14. The van der Waals surface area contributed by atoms with Crippen LogP contribution in [0.5, 0.6) is 23.0 Å². The molecule has 2 aromatic heterocycles. The Morgan fingerprint density at radius 1 is 0.420 bits per heavy atom. The van der Waals surface area contributed by atoms with Crippen molar-refractivity contribution in [2.75, 3.05) is 167 Å². The van der Waals surface area contributed by atoms with Crippen molar-refractivity contribution in [2.24, 2.45) is 20.5 Å². The van der Waals surface area contributed by atoms with E-state index in [1.54, 1.807) is 85.9 Å². The average molecular weight is 2150 g/mol. The van der Waals surface area contributed by atoms with Gasteiger partial charge in [-0.2, -0.15) is 44.0 Å². The molecule has 14 rings (SSSR count). The van der Waals surface area contributed by atoms with E-state index in [9.17, 15) is 67.1 Å². The number of aromatic nitrogens is 2. The van der Waals surface area contributed by atoms with E-state index >= 15 is 0 Å². The number of benzene rings is 4. The van der Waals surface area contributed by atoms with Crippen LogP contribution in [-0.4, -0.2) is 306 Å². The molecule has 48 heteroatoms. The summed E-state index contributed by atoms with van der Waals surface area (Å²) in [4.78, 5) is 187. The number of esters is 2. The molecule has 12 N–H and O–H groups in total. The Morgan fingerprint density at radius 3 is 1.19 bits per heavy atom. The van der Waals surface area contributed by atoms with Gasteiger partial charge in [-0.25, -0.2) is 19.6 Å². The lowest BCUT2D eigenvalue weighted by molar-refractivity contribution is -0.137. The fourth-order valence-electron chi connectivity index (χ4n) is 16.6. The lowest BCUT2D eigenvalue weighted by Gasteiger charge is -2.20. The van der Waals surface area contributed by atoms with E-state index in [1.165, 1.54) is 18.5 Å². The first-order chi connectivity index (χ1) is 72.6. The Bertz CT molecular complexity index is 5590. The van der Waals surface area contributed by atoms with Crippen LogP contribution in [0.3, 0.4) is 0 Å². The van der Waals surface area contributed by atoms with E-state index in [2.05, 4.69) is 94.2 Å². The molecule has 10 heterocycles. The van der Waals surface area contributed by atoms with E-state index in [0.29, 0.717) is 204 Å². The molecule has 0 spiro atoms. The van der Waals surface area contributed by atoms with Gasteiger partial charge in [0, 0.05) is 136 Å². The highest BCUT2D eigenvalue weighted by molar-refractivity contribution is 8.15. The summed E-state index contributed by atoms with van der Waals surface area (Å²) in [5.74, 6) is 0.308. The van der Waals surface area contributed by atoms with Crippen molar-refractivity contribution >= 4 is 140 Å². The average Bonchev–Trinajstić information content (AvgIpc) is 1.68. The molecule has 10 atom stereocenters. The number of pyridine rings is 2. The molecule has 0 saturated carbocycles. The molecule has 8 aliphatic rings. The van der Waals surface area contributed by atoms with Crippen molar-refractivity contribution in [1.82, 2.24) is 73.8 Å². The fraction of sp³-hybridized carbons (Fsp3) is 0.529. The fourth-order valence-corrected chi connectivity index (χ4v) is 21.4. The van der Waals surface area contributed by atoms with Gasteiger partial charge in [0.1, 0.15) is 59.9 Å². The predicted octanol–water partition coefficient (Wildman–Crippen LogP) is 8.02. The van der Waals surface area contributed by atoms with Crippen molar-refractivity contribution in [3.8, 4) is 23.0 Å². The lowest BCUT2D eigenvalue weighted by atomic mass is 10.0. The van der Waals surface area contributed by atoms with Gasteiger partial charge >= 0.3 is 24.0 Å². The van der Waals surface area contributed by atoms with Crippen LogP contribution in [0.1, 0.15) is 147 Å². The number of rotatable bonds is 66. The highest BCUT2D eigenvalue weighted by atomic mass is 32.2. The summed E-state index contributed by atoms with van der Waals surface area (Å²) < 4.78 is 56.7. The number of fused-ring (bicyclic) bond motifs is 2. The molecular formula is C102H132N20O24S4. The van der Waals surface area contributed by atoms with E-state index in [0.717, 1.165) is 95.8 Å². The Labute approximate surface area is 886 Å². The maximum absolute atomic E-state index is 13.5. The molecule has 44 nitrogen and oxygen atoms in total. The molecule has 6 saturated heterocycles. The second-order valence-electron chi connectivity index (χ2n) is 36.8. The summed E-state index contributed by atoms with van der Waals surface area (Å²) in [5.41, 5.74) is 2.76. The second-order valence-corrected chi connectivity index (χ2v) is 41.7. The Hall–Kier alpha value is -12.7. The smallest absolute Gasteiger partial charge is 0.315 e.